The summed E-state index contributed by atoms with van der Waals surface area (Å²) in [5.41, 5.74) is 0. The molecule has 0 aliphatic carbocycles. The van der Waals surface area contributed by atoms with Crippen LogP contribution in [0.5, 0.6) is 0 Å². The van der Waals surface area contributed by atoms with E-state index in [0.29, 0.717) is 12.8 Å². The summed E-state index contributed by atoms with van der Waals surface area (Å²) in [6, 6.07) is 0. The number of esters is 1. The highest BCUT2D eigenvalue weighted by atomic mass is 16.5. The van der Waals surface area contributed by atoms with E-state index in [0.717, 1.165) is 38.5 Å². The van der Waals surface area contributed by atoms with Crippen molar-refractivity contribution in [2.24, 2.45) is 0 Å². The maximum absolute atomic E-state index is 11.3. The van der Waals surface area contributed by atoms with E-state index >= 15 is 0 Å². The second kappa shape index (κ2) is 10.7. The molecule has 0 aromatic rings. The maximum atomic E-state index is 11.3. The highest BCUT2D eigenvalue weighted by Gasteiger charge is 2.06. The molecule has 0 atom stereocenters. The Morgan fingerprint density at radius 1 is 0.875 bits per heavy atom. The van der Waals surface area contributed by atoms with Gasteiger partial charge in [0.1, 0.15) is 6.61 Å². The number of ether oxygens (including phenoxy) is 1. The van der Waals surface area contributed by atoms with Crippen LogP contribution in [0.3, 0.4) is 0 Å². The fourth-order valence-electron chi connectivity index (χ4n) is 1.40. The van der Waals surface area contributed by atoms with Crippen LogP contribution >= 0.6 is 0 Å². The van der Waals surface area contributed by atoms with Crippen LogP contribution in [0.15, 0.2) is 0 Å². The fourth-order valence-corrected chi connectivity index (χ4v) is 1.40. The maximum Gasteiger partial charge on any atom is 0.306 e. The van der Waals surface area contributed by atoms with Gasteiger partial charge in [0.15, 0.2) is 5.78 Å². The fraction of sp³-hybridized carbons (Fsp3) is 0.846. The van der Waals surface area contributed by atoms with Gasteiger partial charge in [-0.05, 0) is 12.8 Å². The number of Topliss-reactive ketones (excluding diaryl/α,β-unsaturated/α-hetero) is 1. The minimum absolute atomic E-state index is 0.0331. The zero-order valence-electron chi connectivity index (χ0n) is 10.6. The van der Waals surface area contributed by atoms with Crippen molar-refractivity contribution in [3.05, 3.63) is 0 Å². The molecule has 0 fully saturated rings. The minimum Gasteiger partial charge on any atom is -0.458 e. The number of unbranched alkanes of at least 4 members (excludes halogenated alkanes) is 4. The van der Waals surface area contributed by atoms with Gasteiger partial charge in [-0.15, -0.1) is 0 Å². The van der Waals surface area contributed by atoms with Gasteiger partial charge in [0.25, 0.3) is 0 Å². The van der Waals surface area contributed by atoms with Crippen molar-refractivity contribution in [1.29, 1.82) is 0 Å². The van der Waals surface area contributed by atoms with Gasteiger partial charge in [0.2, 0.25) is 0 Å². The summed E-state index contributed by atoms with van der Waals surface area (Å²) in [5.74, 6) is -0.199. The van der Waals surface area contributed by atoms with Gasteiger partial charge in [-0.2, -0.15) is 0 Å². The largest absolute Gasteiger partial charge is 0.458 e. The van der Waals surface area contributed by atoms with Gasteiger partial charge in [-0.1, -0.05) is 39.5 Å². The van der Waals surface area contributed by atoms with Crippen LogP contribution in [0.25, 0.3) is 0 Å². The lowest BCUT2D eigenvalue weighted by Gasteiger charge is -2.03. The van der Waals surface area contributed by atoms with Crippen LogP contribution < -0.4 is 0 Å². The molecule has 0 N–H and O–H groups in total. The van der Waals surface area contributed by atoms with E-state index in [1.54, 1.807) is 0 Å². The second-order valence-corrected chi connectivity index (χ2v) is 4.11. The molecule has 16 heavy (non-hydrogen) atoms. The number of hydrogen-bond acceptors (Lipinski definition) is 3. The van der Waals surface area contributed by atoms with Crippen molar-refractivity contribution >= 4 is 11.8 Å². The molecule has 3 nitrogen and oxygen atoms in total. The molecule has 0 unspecified atom stereocenters. The molecule has 0 amide bonds. The molecule has 0 aliphatic rings. The summed E-state index contributed by atoms with van der Waals surface area (Å²) in [5, 5.41) is 0. The molecule has 0 saturated carbocycles. The Hall–Kier alpha value is -0.860. The highest BCUT2D eigenvalue weighted by Crippen LogP contribution is 2.02. The van der Waals surface area contributed by atoms with Gasteiger partial charge >= 0.3 is 5.97 Å². The quantitative estimate of drug-likeness (QED) is 0.426. The summed E-state index contributed by atoms with van der Waals surface area (Å²) in [4.78, 5) is 22.5. The molecule has 0 aromatic heterocycles. The Bertz CT molecular complexity index is 177. The Kier molecular flexibility index (Phi) is 10.1. The van der Waals surface area contributed by atoms with Crippen LogP contribution in [-0.4, -0.2) is 18.4 Å². The van der Waals surface area contributed by atoms with E-state index in [1.807, 2.05) is 0 Å². The normalized spacial score (nSPS) is 10.1. The Labute approximate surface area is 98.6 Å². The summed E-state index contributed by atoms with van der Waals surface area (Å²) in [7, 11) is 0. The van der Waals surface area contributed by atoms with E-state index in [1.165, 1.54) is 0 Å². The van der Waals surface area contributed by atoms with Gasteiger partial charge in [0, 0.05) is 12.8 Å². The van der Waals surface area contributed by atoms with Crippen LogP contribution in [-0.2, 0) is 14.3 Å². The van der Waals surface area contributed by atoms with Crippen molar-refractivity contribution in [3.63, 3.8) is 0 Å². The summed E-state index contributed by atoms with van der Waals surface area (Å²) in [6.07, 6.45) is 7.04. The SMILES string of the molecule is CCCCCC(=O)COC(=O)CCCCC. The number of carbonyl (C=O) groups excluding carboxylic acids is 2. The lowest BCUT2D eigenvalue weighted by atomic mass is 10.1. The van der Waals surface area contributed by atoms with Gasteiger partial charge < -0.3 is 4.74 Å². The Morgan fingerprint density at radius 3 is 2.00 bits per heavy atom. The number of ketones is 1. The molecule has 0 bridgehead atoms. The lowest BCUT2D eigenvalue weighted by Crippen LogP contribution is -2.13. The number of hydrogen-bond donors (Lipinski definition) is 0. The monoisotopic (exact) mass is 228 g/mol. The van der Waals surface area contributed by atoms with Crippen LogP contribution in [0.2, 0.25) is 0 Å². The third kappa shape index (κ3) is 9.69. The molecule has 0 radical (unpaired) electrons. The average molecular weight is 228 g/mol. The molecular weight excluding hydrogens is 204 g/mol. The van der Waals surface area contributed by atoms with Crippen molar-refractivity contribution in [2.75, 3.05) is 6.61 Å². The summed E-state index contributed by atoms with van der Waals surface area (Å²) >= 11 is 0. The third-order valence-electron chi connectivity index (χ3n) is 2.44. The Balaban J connectivity index is 3.40. The first-order chi connectivity index (χ1) is 7.70. The predicted molar refractivity (Wildman–Crippen MR) is 64.3 cm³/mol. The molecule has 0 saturated heterocycles. The van der Waals surface area contributed by atoms with Crippen molar-refractivity contribution in [1.82, 2.24) is 0 Å². The zero-order valence-corrected chi connectivity index (χ0v) is 10.6. The standard InChI is InChI=1S/C13H24O3/c1-3-5-7-9-12(14)11-16-13(15)10-8-6-4-2/h3-11H2,1-2H3. The molecular formula is C13H24O3. The molecule has 0 heterocycles. The van der Waals surface area contributed by atoms with Gasteiger partial charge in [0.05, 0.1) is 0 Å². The molecule has 94 valence electrons. The predicted octanol–water partition coefficient (Wildman–Crippen LogP) is 3.26. The van der Waals surface area contributed by atoms with E-state index in [-0.39, 0.29) is 18.4 Å². The van der Waals surface area contributed by atoms with E-state index in [9.17, 15) is 9.59 Å². The summed E-state index contributed by atoms with van der Waals surface area (Å²) in [6.45, 7) is 4.15. The minimum atomic E-state index is -0.239. The molecule has 3 heteroatoms. The molecule has 0 aliphatic heterocycles. The number of carbonyl (C=O) groups is 2. The first kappa shape index (κ1) is 15.1. The van der Waals surface area contributed by atoms with E-state index in [4.69, 9.17) is 4.74 Å². The van der Waals surface area contributed by atoms with Gasteiger partial charge in [-0.25, -0.2) is 0 Å². The van der Waals surface area contributed by atoms with E-state index in [2.05, 4.69) is 13.8 Å². The topological polar surface area (TPSA) is 43.4 Å². The first-order valence-corrected chi connectivity index (χ1v) is 6.38. The molecule has 0 aromatic carbocycles. The number of rotatable bonds is 10. The third-order valence-corrected chi connectivity index (χ3v) is 2.44. The van der Waals surface area contributed by atoms with E-state index < -0.39 is 0 Å². The van der Waals surface area contributed by atoms with Crippen LogP contribution in [0, 0.1) is 0 Å². The molecule has 0 rings (SSSR count). The highest BCUT2D eigenvalue weighted by molar-refractivity contribution is 5.82. The van der Waals surface area contributed by atoms with Crippen LogP contribution in [0.4, 0.5) is 0 Å². The average Bonchev–Trinajstić information content (AvgIpc) is 2.27. The molecule has 0 spiro atoms. The van der Waals surface area contributed by atoms with Crippen LogP contribution in [0.1, 0.15) is 65.2 Å². The van der Waals surface area contributed by atoms with Crippen molar-refractivity contribution in [2.45, 2.75) is 65.2 Å². The lowest BCUT2D eigenvalue weighted by molar-refractivity contribution is -0.148. The van der Waals surface area contributed by atoms with Gasteiger partial charge in [-0.3, -0.25) is 9.59 Å². The second-order valence-electron chi connectivity index (χ2n) is 4.11. The van der Waals surface area contributed by atoms with Crippen molar-refractivity contribution < 1.29 is 14.3 Å². The smallest absolute Gasteiger partial charge is 0.306 e. The Morgan fingerprint density at radius 2 is 1.44 bits per heavy atom. The zero-order chi connectivity index (χ0) is 12.2. The summed E-state index contributed by atoms with van der Waals surface area (Å²) < 4.78 is 4.89. The first-order valence-electron chi connectivity index (χ1n) is 6.38. The van der Waals surface area contributed by atoms with Crippen molar-refractivity contribution in [3.8, 4) is 0 Å².